The Morgan fingerprint density at radius 2 is 1.95 bits per heavy atom. The molecular weight excluding hydrogens is 242 g/mol. The highest BCUT2D eigenvalue weighted by Gasteiger charge is 2.41. The zero-order valence-electron chi connectivity index (χ0n) is 13.7. The molecular formula is C19H31N. The molecule has 2 rings (SSSR count). The van der Waals surface area contributed by atoms with Crippen LogP contribution in [0.5, 0.6) is 0 Å². The van der Waals surface area contributed by atoms with E-state index in [9.17, 15) is 0 Å². The van der Waals surface area contributed by atoms with Gasteiger partial charge in [-0.25, -0.2) is 0 Å². The maximum atomic E-state index is 3.68. The number of rotatable bonds is 6. The van der Waals surface area contributed by atoms with Gasteiger partial charge in [0.25, 0.3) is 0 Å². The van der Waals surface area contributed by atoms with Gasteiger partial charge < -0.3 is 5.32 Å². The van der Waals surface area contributed by atoms with Gasteiger partial charge in [0.1, 0.15) is 0 Å². The summed E-state index contributed by atoms with van der Waals surface area (Å²) in [4.78, 5) is 0. The zero-order chi connectivity index (χ0) is 14.6. The lowest BCUT2D eigenvalue weighted by molar-refractivity contribution is 0.318. The molecule has 1 aliphatic carbocycles. The van der Waals surface area contributed by atoms with Crippen molar-refractivity contribution in [2.24, 2.45) is 5.92 Å². The van der Waals surface area contributed by atoms with Crippen molar-refractivity contribution in [3.05, 3.63) is 35.4 Å². The lowest BCUT2D eigenvalue weighted by Crippen LogP contribution is -2.40. The van der Waals surface area contributed by atoms with E-state index in [1.54, 1.807) is 5.56 Å². The second-order valence-electron chi connectivity index (χ2n) is 6.90. The Bertz CT molecular complexity index is 406. The molecule has 1 heteroatoms. The highest BCUT2D eigenvalue weighted by molar-refractivity contribution is 5.32. The number of hydrogen-bond acceptors (Lipinski definition) is 1. The molecule has 1 fully saturated rings. The fraction of sp³-hybridized carbons (Fsp3) is 0.684. The lowest BCUT2D eigenvalue weighted by Gasteiger charge is -2.35. The molecule has 0 heterocycles. The van der Waals surface area contributed by atoms with Crippen LogP contribution in [0.25, 0.3) is 0 Å². The Balaban J connectivity index is 2.22. The minimum absolute atomic E-state index is 0.366. The van der Waals surface area contributed by atoms with Gasteiger partial charge >= 0.3 is 0 Å². The zero-order valence-corrected chi connectivity index (χ0v) is 13.7. The van der Waals surface area contributed by atoms with Crippen LogP contribution in [0.4, 0.5) is 0 Å². The molecule has 0 spiro atoms. The fourth-order valence-electron chi connectivity index (χ4n) is 3.73. The SMILES string of the molecule is CCCNCC1(c2ccc(C(C)C)cc2)CCCC1C. The monoisotopic (exact) mass is 273 g/mol. The smallest absolute Gasteiger partial charge is 0.0103 e. The van der Waals surface area contributed by atoms with Crippen LogP contribution in [0.15, 0.2) is 24.3 Å². The minimum atomic E-state index is 0.366. The second-order valence-corrected chi connectivity index (χ2v) is 6.90. The predicted molar refractivity (Wildman–Crippen MR) is 88.4 cm³/mol. The van der Waals surface area contributed by atoms with Gasteiger partial charge in [0.2, 0.25) is 0 Å². The van der Waals surface area contributed by atoms with Gasteiger partial charge in [0.15, 0.2) is 0 Å². The maximum absolute atomic E-state index is 3.68. The molecule has 0 aliphatic heterocycles. The van der Waals surface area contributed by atoms with E-state index < -0.39 is 0 Å². The molecule has 1 aliphatic rings. The quantitative estimate of drug-likeness (QED) is 0.729. The van der Waals surface area contributed by atoms with E-state index in [-0.39, 0.29) is 0 Å². The molecule has 0 radical (unpaired) electrons. The van der Waals surface area contributed by atoms with E-state index in [2.05, 4.69) is 57.3 Å². The van der Waals surface area contributed by atoms with Crippen molar-refractivity contribution in [2.45, 2.75) is 64.7 Å². The molecule has 1 nitrogen and oxygen atoms in total. The molecule has 1 saturated carbocycles. The van der Waals surface area contributed by atoms with Crippen LogP contribution in [0, 0.1) is 5.92 Å². The second kappa shape index (κ2) is 6.76. The summed E-state index contributed by atoms with van der Waals surface area (Å²) in [7, 11) is 0. The highest BCUT2D eigenvalue weighted by atomic mass is 14.9. The minimum Gasteiger partial charge on any atom is -0.316 e. The first-order valence-corrected chi connectivity index (χ1v) is 8.41. The van der Waals surface area contributed by atoms with Crippen LogP contribution in [0.3, 0.4) is 0 Å². The molecule has 20 heavy (non-hydrogen) atoms. The average molecular weight is 273 g/mol. The third kappa shape index (κ3) is 3.09. The molecule has 1 aromatic rings. The number of hydrogen-bond donors (Lipinski definition) is 1. The van der Waals surface area contributed by atoms with Crippen LogP contribution in [-0.2, 0) is 5.41 Å². The van der Waals surface area contributed by atoms with Crippen molar-refractivity contribution in [1.29, 1.82) is 0 Å². The Morgan fingerprint density at radius 3 is 2.45 bits per heavy atom. The van der Waals surface area contributed by atoms with Gasteiger partial charge in [-0.15, -0.1) is 0 Å². The molecule has 112 valence electrons. The van der Waals surface area contributed by atoms with Gasteiger partial charge in [0, 0.05) is 12.0 Å². The van der Waals surface area contributed by atoms with Crippen LogP contribution in [0.2, 0.25) is 0 Å². The maximum Gasteiger partial charge on any atom is 0.0103 e. The Labute approximate surface area is 125 Å². The van der Waals surface area contributed by atoms with Crippen molar-refractivity contribution in [3.8, 4) is 0 Å². The third-order valence-electron chi connectivity index (χ3n) is 5.22. The Kier molecular flexibility index (Phi) is 5.26. The summed E-state index contributed by atoms with van der Waals surface area (Å²) in [5, 5.41) is 3.68. The molecule has 2 unspecified atom stereocenters. The predicted octanol–water partition coefficient (Wildman–Crippen LogP) is 4.87. The summed E-state index contributed by atoms with van der Waals surface area (Å²) in [5.41, 5.74) is 3.37. The molecule has 1 N–H and O–H groups in total. The topological polar surface area (TPSA) is 12.0 Å². The van der Waals surface area contributed by atoms with Crippen molar-refractivity contribution in [1.82, 2.24) is 5.32 Å². The van der Waals surface area contributed by atoms with Crippen molar-refractivity contribution in [2.75, 3.05) is 13.1 Å². The summed E-state index contributed by atoms with van der Waals surface area (Å²) in [5.74, 6) is 1.41. The van der Waals surface area contributed by atoms with Crippen LogP contribution in [-0.4, -0.2) is 13.1 Å². The van der Waals surface area contributed by atoms with E-state index in [1.807, 2.05) is 0 Å². The van der Waals surface area contributed by atoms with Crippen LogP contribution in [0.1, 0.15) is 70.4 Å². The van der Waals surface area contributed by atoms with Gasteiger partial charge in [-0.05, 0) is 48.8 Å². The summed E-state index contributed by atoms with van der Waals surface area (Å²) in [6, 6.07) is 9.47. The first kappa shape index (κ1) is 15.6. The summed E-state index contributed by atoms with van der Waals surface area (Å²) in [6.07, 6.45) is 5.31. The van der Waals surface area contributed by atoms with Gasteiger partial charge in [-0.1, -0.05) is 58.4 Å². The third-order valence-corrected chi connectivity index (χ3v) is 5.22. The van der Waals surface area contributed by atoms with E-state index in [0.717, 1.165) is 19.0 Å². The van der Waals surface area contributed by atoms with Crippen molar-refractivity contribution >= 4 is 0 Å². The van der Waals surface area contributed by atoms with E-state index in [0.29, 0.717) is 11.3 Å². The van der Waals surface area contributed by atoms with Crippen LogP contribution < -0.4 is 5.32 Å². The van der Waals surface area contributed by atoms with Gasteiger partial charge in [0.05, 0.1) is 0 Å². The van der Waals surface area contributed by atoms with Crippen molar-refractivity contribution < 1.29 is 0 Å². The number of nitrogens with one attached hydrogen (secondary N) is 1. The summed E-state index contributed by atoms with van der Waals surface area (Å²) >= 11 is 0. The van der Waals surface area contributed by atoms with Gasteiger partial charge in [-0.2, -0.15) is 0 Å². The number of benzene rings is 1. The largest absolute Gasteiger partial charge is 0.316 e. The first-order chi connectivity index (χ1) is 9.60. The van der Waals surface area contributed by atoms with E-state index >= 15 is 0 Å². The highest BCUT2D eigenvalue weighted by Crippen LogP contribution is 2.45. The summed E-state index contributed by atoms with van der Waals surface area (Å²) in [6.45, 7) is 11.5. The Hall–Kier alpha value is -0.820. The average Bonchev–Trinajstić information content (AvgIpc) is 2.82. The summed E-state index contributed by atoms with van der Waals surface area (Å²) < 4.78 is 0. The van der Waals surface area contributed by atoms with Crippen molar-refractivity contribution in [3.63, 3.8) is 0 Å². The van der Waals surface area contributed by atoms with E-state index in [1.165, 1.54) is 31.2 Å². The molecule has 0 aromatic heterocycles. The van der Waals surface area contributed by atoms with E-state index in [4.69, 9.17) is 0 Å². The van der Waals surface area contributed by atoms with Crippen LogP contribution >= 0.6 is 0 Å². The first-order valence-electron chi connectivity index (χ1n) is 8.41. The molecule has 1 aromatic carbocycles. The molecule has 0 amide bonds. The van der Waals surface area contributed by atoms with Gasteiger partial charge in [-0.3, -0.25) is 0 Å². The molecule has 0 saturated heterocycles. The Morgan fingerprint density at radius 1 is 1.25 bits per heavy atom. The molecule has 0 bridgehead atoms. The lowest BCUT2D eigenvalue weighted by atomic mass is 9.72. The normalized spacial score (nSPS) is 26.4. The molecule has 2 atom stereocenters. The fourth-order valence-corrected chi connectivity index (χ4v) is 3.73. The standard InChI is InChI=1S/C19H31N/c1-5-13-20-14-19(12-6-7-16(19)4)18-10-8-17(9-11-18)15(2)3/h8-11,15-16,20H,5-7,12-14H2,1-4H3.